The number of rotatable bonds is 2. The van der Waals surface area contributed by atoms with Crippen LogP contribution in [-0.4, -0.2) is 25.7 Å². The van der Waals surface area contributed by atoms with E-state index in [0.717, 1.165) is 22.5 Å². The van der Waals surface area contributed by atoms with Gasteiger partial charge in [-0.1, -0.05) is 23.1 Å². The molecule has 3 rings (SSSR count). The molecule has 3 aromatic rings. The summed E-state index contributed by atoms with van der Waals surface area (Å²) in [5, 5.41) is 0. The maximum Gasteiger partial charge on any atom is 0.114 e. The normalized spacial score (nSPS) is 10.7. The first-order valence-corrected chi connectivity index (χ1v) is 5.72. The Balaban J connectivity index is 2.15. The van der Waals surface area contributed by atoms with Crippen molar-refractivity contribution >= 4 is 26.6 Å². The Morgan fingerprint density at radius 3 is 1.50 bits per heavy atom. The molecule has 2 heterocycles. The lowest BCUT2D eigenvalue weighted by Gasteiger charge is -2.11. The van der Waals surface area contributed by atoms with E-state index in [-0.39, 0.29) is 0 Å². The smallest absolute Gasteiger partial charge is 0.114 e. The SMILES string of the molecule is [B]c1cc(-c2ccc[nH]2)c([B])cc1-c1ccc[nH]1. The minimum atomic E-state index is 0.705. The topological polar surface area (TPSA) is 31.6 Å². The van der Waals surface area contributed by atoms with Crippen LogP contribution in [0.3, 0.4) is 0 Å². The van der Waals surface area contributed by atoms with Crippen molar-refractivity contribution in [2.24, 2.45) is 0 Å². The van der Waals surface area contributed by atoms with Gasteiger partial charge in [0.1, 0.15) is 15.7 Å². The first-order valence-electron chi connectivity index (χ1n) is 5.72. The second-order valence-electron chi connectivity index (χ2n) is 4.19. The molecule has 0 atom stereocenters. The Hall–Kier alpha value is -2.09. The van der Waals surface area contributed by atoms with Crippen LogP contribution in [-0.2, 0) is 0 Å². The van der Waals surface area contributed by atoms with Gasteiger partial charge in [-0.05, 0) is 35.4 Å². The Bertz CT molecular complexity index is 595. The predicted molar refractivity (Wildman–Crippen MR) is 76.8 cm³/mol. The summed E-state index contributed by atoms with van der Waals surface area (Å²) in [6, 6.07) is 11.6. The third-order valence-electron chi connectivity index (χ3n) is 3.00. The minimum absolute atomic E-state index is 0.705. The van der Waals surface area contributed by atoms with Crippen molar-refractivity contribution in [2.45, 2.75) is 0 Å². The molecule has 0 fully saturated rings. The Morgan fingerprint density at radius 1 is 0.722 bits per heavy atom. The fourth-order valence-electron chi connectivity index (χ4n) is 2.10. The lowest BCUT2D eigenvalue weighted by molar-refractivity contribution is 1.40. The van der Waals surface area contributed by atoms with Gasteiger partial charge in [-0.2, -0.15) is 0 Å². The molecule has 82 valence electrons. The molecule has 2 aromatic heterocycles. The molecule has 18 heavy (non-hydrogen) atoms. The zero-order valence-electron chi connectivity index (χ0n) is 9.77. The molecule has 2 N–H and O–H groups in total. The molecular weight excluding hydrogens is 218 g/mol. The maximum absolute atomic E-state index is 6.10. The number of aromatic nitrogens is 2. The standard InChI is InChI=1S/C14H10B2N2/c15-11-8-10(14-4-2-6-18-14)12(16)7-9(11)13-3-1-5-17-13/h1-8,17-18H. The van der Waals surface area contributed by atoms with Crippen molar-refractivity contribution in [2.75, 3.05) is 0 Å². The number of aromatic amines is 2. The van der Waals surface area contributed by atoms with Gasteiger partial charge in [-0.3, -0.25) is 0 Å². The minimum Gasteiger partial charge on any atom is -0.361 e. The third kappa shape index (κ3) is 1.80. The van der Waals surface area contributed by atoms with Crippen molar-refractivity contribution in [3.63, 3.8) is 0 Å². The van der Waals surface area contributed by atoms with E-state index < -0.39 is 0 Å². The largest absolute Gasteiger partial charge is 0.361 e. The molecule has 0 spiro atoms. The Labute approximate surface area is 108 Å². The fraction of sp³-hybridized carbons (Fsp3) is 0. The van der Waals surface area contributed by atoms with Crippen LogP contribution < -0.4 is 10.9 Å². The fourth-order valence-corrected chi connectivity index (χ4v) is 2.10. The highest BCUT2D eigenvalue weighted by Gasteiger charge is 2.08. The molecule has 0 amide bonds. The van der Waals surface area contributed by atoms with Crippen LogP contribution in [0.5, 0.6) is 0 Å². The Morgan fingerprint density at radius 2 is 1.17 bits per heavy atom. The molecule has 1 aromatic carbocycles. The zero-order chi connectivity index (χ0) is 12.5. The van der Waals surface area contributed by atoms with E-state index in [9.17, 15) is 0 Å². The van der Waals surface area contributed by atoms with Gasteiger partial charge >= 0.3 is 0 Å². The lowest BCUT2D eigenvalue weighted by Crippen LogP contribution is -2.17. The van der Waals surface area contributed by atoms with E-state index in [1.54, 1.807) is 0 Å². The van der Waals surface area contributed by atoms with Crippen LogP contribution in [0, 0.1) is 0 Å². The number of hydrogen-bond acceptors (Lipinski definition) is 0. The molecule has 4 heteroatoms. The highest BCUT2D eigenvalue weighted by Crippen LogP contribution is 2.18. The first kappa shape index (κ1) is 11.0. The van der Waals surface area contributed by atoms with Crippen LogP contribution in [0.25, 0.3) is 22.5 Å². The van der Waals surface area contributed by atoms with Gasteiger partial charge in [-0.25, -0.2) is 0 Å². The molecular formula is C14H10B2N2. The van der Waals surface area contributed by atoms with Crippen molar-refractivity contribution in [1.82, 2.24) is 9.97 Å². The first-order chi connectivity index (χ1) is 8.75. The van der Waals surface area contributed by atoms with Crippen LogP contribution in [0.15, 0.2) is 48.8 Å². The molecule has 2 nitrogen and oxygen atoms in total. The van der Waals surface area contributed by atoms with Crippen LogP contribution in [0.1, 0.15) is 0 Å². The molecule has 0 unspecified atom stereocenters. The maximum atomic E-state index is 6.10. The van der Waals surface area contributed by atoms with E-state index in [0.29, 0.717) is 10.9 Å². The molecule has 0 bridgehead atoms. The van der Waals surface area contributed by atoms with Crippen LogP contribution >= 0.6 is 0 Å². The summed E-state index contributed by atoms with van der Waals surface area (Å²) in [6.07, 6.45) is 3.73. The summed E-state index contributed by atoms with van der Waals surface area (Å²) in [5.41, 5.74) is 5.20. The molecule has 0 aliphatic rings. The lowest BCUT2D eigenvalue weighted by atomic mass is 9.79. The van der Waals surface area contributed by atoms with Gasteiger partial charge in [0, 0.05) is 23.8 Å². The molecule has 0 aliphatic heterocycles. The summed E-state index contributed by atoms with van der Waals surface area (Å²) in [7, 11) is 12.2. The van der Waals surface area contributed by atoms with Crippen molar-refractivity contribution in [3.05, 3.63) is 48.8 Å². The highest BCUT2D eigenvalue weighted by atomic mass is 14.7. The van der Waals surface area contributed by atoms with Gasteiger partial charge in [0.25, 0.3) is 0 Å². The number of benzene rings is 1. The highest BCUT2D eigenvalue weighted by molar-refractivity contribution is 6.41. The zero-order valence-corrected chi connectivity index (χ0v) is 9.77. The van der Waals surface area contributed by atoms with E-state index >= 15 is 0 Å². The van der Waals surface area contributed by atoms with E-state index in [2.05, 4.69) is 9.97 Å². The summed E-state index contributed by atoms with van der Waals surface area (Å²) >= 11 is 0. The number of hydrogen-bond donors (Lipinski definition) is 2. The second kappa shape index (κ2) is 4.30. The van der Waals surface area contributed by atoms with Gasteiger partial charge in [0.05, 0.1) is 0 Å². The van der Waals surface area contributed by atoms with Gasteiger partial charge in [0.15, 0.2) is 0 Å². The quantitative estimate of drug-likeness (QED) is 0.619. The molecule has 0 saturated heterocycles. The average molecular weight is 228 g/mol. The van der Waals surface area contributed by atoms with Crippen LogP contribution in [0.2, 0.25) is 0 Å². The van der Waals surface area contributed by atoms with Crippen molar-refractivity contribution in [1.29, 1.82) is 0 Å². The monoisotopic (exact) mass is 228 g/mol. The summed E-state index contributed by atoms with van der Waals surface area (Å²) in [5.74, 6) is 0. The summed E-state index contributed by atoms with van der Waals surface area (Å²) in [4.78, 5) is 6.26. The average Bonchev–Trinajstić information content (AvgIpc) is 3.02. The van der Waals surface area contributed by atoms with E-state index in [4.69, 9.17) is 15.7 Å². The Kier molecular flexibility index (Phi) is 2.63. The second-order valence-corrected chi connectivity index (χ2v) is 4.19. The molecule has 0 aliphatic carbocycles. The number of nitrogens with one attached hydrogen (secondary N) is 2. The van der Waals surface area contributed by atoms with Crippen LogP contribution in [0.4, 0.5) is 0 Å². The summed E-state index contributed by atoms with van der Waals surface area (Å²) in [6.45, 7) is 0. The molecule has 0 saturated carbocycles. The van der Waals surface area contributed by atoms with Crippen molar-refractivity contribution < 1.29 is 0 Å². The van der Waals surface area contributed by atoms with E-state index in [1.165, 1.54) is 0 Å². The third-order valence-corrected chi connectivity index (χ3v) is 3.00. The van der Waals surface area contributed by atoms with E-state index in [1.807, 2.05) is 48.8 Å². The summed E-state index contributed by atoms with van der Waals surface area (Å²) < 4.78 is 0. The molecule has 4 radical (unpaired) electrons. The van der Waals surface area contributed by atoms with Gasteiger partial charge in [-0.15, -0.1) is 0 Å². The van der Waals surface area contributed by atoms with Crippen molar-refractivity contribution in [3.8, 4) is 22.5 Å². The predicted octanol–water partition coefficient (Wildman–Crippen LogP) is 1.26. The van der Waals surface area contributed by atoms with Gasteiger partial charge in [0.2, 0.25) is 0 Å². The number of H-pyrrole nitrogens is 2. The van der Waals surface area contributed by atoms with Gasteiger partial charge < -0.3 is 9.97 Å².